The van der Waals surface area contributed by atoms with Crippen molar-refractivity contribution in [3.63, 3.8) is 0 Å². The minimum absolute atomic E-state index is 0.153. The molecule has 30 heavy (non-hydrogen) atoms. The van der Waals surface area contributed by atoms with Gasteiger partial charge in [-0.15, -0.1) is 0 Å². The molecule has 4 rings (SSSR count). The van der Waals surface area contributed by atoms with E-state index in [1.807, 2.05) is 36.2 Å². The van der Waals surface area contributed by atoms with E-state index in [2.05, 4.69) is 34.0 Å². The summed E-state index contributed by atoms with van der Waals surface area (Å²) >= 11 is 5.99. The fraction of sp³-hybridized carbons (Fsp3) is 0.522. The second kappa shape index (κ2) is 8.90. The van der Waals surface area contributed by atoms with Crippen molar-refractivity contribution in [3.05, 3.63) is 52.4 Å². The molecular formula is C23H30ClN5O. The van der Waals surface area contributed by atoms with Gasteiger partial charge in [0.1, 0.15) is 12.1 Å². The topological polar surface area (TPSA) is 61.4 Å². The number of hydrogen-bond acceptors (Lipinski definition) is 5. The normalized spacial score (nSPS) is 22.1. The molecule has 0 saturated carbocycles. The van der Waals surface area contributed by atoms with Gasteiger partial charge in [-0.2, -0.15) is 0 Å². The Bertz CT molecular complexity index is 903. The van der Waals surface area contributed by atoms with Gasteiger partial charge in [0.25, 0.3) is 0 Å². The standard InChI is InChI=1S/C23H30ClN5O/c1-15-4-9-19-21(15)22(27-14-26-19)29-11-10-28(13-16(29)2)23(30)20(25-3)12-17-5-7-18(24)8-6-17/h5-8,14-16,20,25H,4,9-13H2,1-3H3/t15-,16+,20-/m1/s1. The Hall–Kier alpha value is -2.18. The van der Waals surface area contributed by atoms with Crippen molar-refractivity contribution in [2.75, 3.05) is 31.6 Å². The molecule has 160 valence electrons. The van der Waals surface area contributed by atoms with Crippen molar-refractivity contribution in [3.8, 4) is 0 Å². The van der Waals surface area contributed by atoms with Gasteiger partial charge in [-0.25, -0.2) is 9.97 Å². The Morgan fingerprint density at radius 1 is 1.23 bits per heavy atom. The van der Waals surface area contributed by atoms with Crippen LogP contribution in [0.3, 0.4) is 0 Å². The van der Waals surface area contributed by atoms with Crippen molar-refractivity contribution >= 4 is 23.3 Å². The second-order valence-corrected chi connectivity index (χ2v) is 8.93. The van der Waals surface area contributed by atoms with Crippen LogP contribution in [-0.2, 0) is 17.6 Å². The zero-order valence-electron chi connectivity index (χ0n) is 17.9. The number of likely N-dealkylation sites (N-methyl/N-ethyl adjacent to an activating group) is 1. The molecule has 1 saturated heterocycles. The lowest BCUT2D eigenvalue weighted by molar-refractivity contribution is -0.134. The highest BCUT2D eigenvalue weighted by molar-refractivity contribution is 6.30. The fourth-order valence-corrected chi connectivity index (χ4v) is 4.84. The molecule has 0 unspecified atom stereocenters. The lowest BCUT2D eigenvalue weighted by atomic mass is 10.0. The minimum Gasteiger partial charge on any atom is -0.350 e. The highest BCUT2D eigenvalue weighted by Crippen LogP contribution is 2.38. The molecule has 1 aliphatic heterocycles. The van der Waals surface area contributed by atoms with Crippen molar-refractivity contribution < 1.29 is 4.79 Å². The highest BCUT2D eigenvalue weighted by atomic mass is 35.5. The van der Waals surface area contributed by atoms with E-state index in [9.17, 15) is 4.79 Å². The third-order valence-electron chi connectivity index (χ3n) is 6.46. The summed E-state index contributed by atoms with van der Waals surface area (Å²) < 4.78 is 0. The first kappa shape index (κ1) is 21.1. The quantitative estimate of drug-likeness (QED) is 0.794. The van der Waals surface area contributed by atoms with Gasteiger partial charge in [0.15, 0.2) is 0 Å². The maximum absolute atomic E-state index is 13.2. The molecule has 2 aromatic rings. The van der Waals surface area contributed by atoms with E-state index in [0.29, 0.717) is 30.5 Å². The van der Waals surface area contributed by atoms with Crippen molar-refractivity contribution in [1.82, 2.24) is 20.2 Å². The Morgan fingerprint density at radius 3 is 2.70 bits per heavy atom. The van der Waals surface area contributed by atoms with Crippen LogP contribution in [0.15, 0.2) is 30.6 Å². The van der Waals surface area contributed by atoms with Crippen LogP contribution in [0.4, 0.5) is 5.82 Å². The smallest absolute Gasteiger partial charge is 0.240 e. The first-order valence-electron chi connectivity index (χ1n) is 10.8. The largest absolute Gasteiger partial charge is 0.350 e. The van der Waals surface area contributed by atoms with E-state index in [-0.39, 0.29) is 18.0 Å². The van der Waals surface area contributed by atoms with Crippen LogP contribution in [0.5, 0.6) is 0 Å². The molecule has 7 heteroatoms. The van der Waals surface area contributed by atoms with E-state index < -0.39 is 0 Å². The SMILES string of the molecule is CN[C@H](Cc1ccc(Cl)cc1)C(=O)N1CCN(c2ncnc3c2[C@H](C)CC3)[C@@H](C)C1. The van der Waals surface area contributed by atoms with Crippen LogP contribution in [0.25, 0.3) is 0 Å². The number of nitrogens with zero attached hydrogens (tertiary/aromatic N) is 4. The third-order valence-corrected chi connectivity index (χ3v) is 6.72. The highest BCUT2D eigenvalue weighted by Gasteiger charge is 2.34. The number of carbonyl (C=O) groups excluding carboxylic acids is 1. The van der Waals surface area contributed by atoms with Gasteiger partial charge in [-0.05, 0) is 56.8 Å². The zero-order valence-corrected chi connectivity index (χ0v) is 18.7. The maximum Gasteiger partial charge on any atom is 0.240 e. The number of fused-ring (bicyclic) bond motifs is 1. The lowest BCUT2D eigenvalue weighted by Crippen LogP contribution is -2.58. The first-order valence-corrected chi connectivity index (χ1v) is 11.2. The molecule has 1 amide bonds. The predicted octanol–water partition coefficient (Wildman–Crippen LogP) is 3.05. The van der Waals surface area contributed by atoms with Gasteiger partial charge in [0, 0.05) is 42.0 Å². The average Bonchev–Trinajstić information content (AvgIpc) is 3.14. The summed E-state index contributed by atoms with van der Waals surface area (Å²) in [5.74, 6) is 1.72. The summed E-state index contributed by atoms with van der Waals surface area (Å²) in [7, 11) is 1.85. The predicted molar refractivity (Wildman–Crippen MR) is 120 cm³/mol. The van der Waals surface area contributed by atoms with E-state index in [0.717, 1.165) is 30.8 Å². The number of nitrogens with one attached hydrogen (secondary N) is 1. The van der Waals surface area contributed by atoms with Gasteiger partial charge < -0.3 is 15.1 Å². The number of carbonyl (C=O) groups is 1. The number of aromatic nitrogens is 2. The van der Waals surface area contributed by atoms with Crippen LogP contribution in [0, 0.1) is 0 Å². The number of halogens is 1. The zero-order chi connectivity index (χ0) is 21.3. The molecule has 0 spiro atoms. The third kappa shape index (κ3) is 4.16. The number of hydrogen-bond donors (Lipinski definition) is 1. The summed E-state index contributed by atoms with van der Waals surface area (Å²) in [5, 5.41) is 3.91. The van der Waals surface area contributed by atoms with Crippen molar-refractivity contribution in [2.24, 2.45) is 0 Å². The van der Waals surface area contributed by atoms with E-state index >= 15 is 0 Å². The molecule has 1 aliphatic carbocycles. The number of rotatable bonds is 5. The molecule has 1 N–H and O–H groups in total. The summed E-state index contributed by atoms with van der Waals surface area (Å²) in [6, 6.07) is 7.68. The fourth-order valence-electron chi connectivity index (χ4n) is 4.71. The Kier molecular flexibility index (Phi) is 6.25. The molecule has 2 heterocycles. The number of aryl methyl sites for hydroxylation is 1. The van der Waals surface area contributed by atoms with E-state index in [4.69, 9.17) is 11.6 Å². The van der Waals surface area contributed by atoms with Crippen LogP contribution in [-0.4, -0.2) is 59.5 Å². The lowest BCUT2D eigenvalue weighted by Gasteiger charge is -2.42. The van der Waals surface area contributed by atoms with Crippen LogP contribution >= 0.6 is 11.6 Å². The van der Waals surface area contributed by atoms with Crippen LogP contribution in [0.1, 0.15) is 43.0 Å². The summed E-state index contributed by atoms with van der Waals surface area (Å²) in [6.45, 7) is 6.64. The molecule has 1 aromatic carbocycles. The first-order chi connectivity index (χ1) is 14.5. The molecule has 0 radical (unpaired) electrons. The number of anilines is 1. The maximum atomic E-state index is 13.2. The summed E-state index contributed by atoms with van der Waals surface area (Å²) in [6.07, 6.45) is 4.52. The van der Waals surface area contributed by atoms with Crippen molar-refractivity contribution in [1.29, 1.82) is 0 Å². The van der Waals surface area contributed by atoms with Crippen LogP contribution in [0.2, 0.25) is 5.02 Å². The molecular weight excluding hydrogens is 398 g/mol. The van der Waals surface area contributed by atoms with Gasteiger partial charge in [-0.1, -0.05) is 30.7 Å². The Morgan fingerprint density at radius 2 is 2.00 bits per heavy atom. The molecule has 6 nitrogen and oxygen atoms in total. The van der Waals surface area contributed by atoms with Gasteiger partial charge >= 0.3 is 0 Å². The van der Waals surface area contributed by atoms with Gasteiger partial charge in [0.05, 0.1) is 6.04 Å². The number of piperazine rings is 1. The van der Waals surface area contributed by atoms with E-state index in [1.54, 1.807) is 6.33 Å². The van der Waals surface area contributed by atoms with Gasteiger partial charge in [-0.3, -0.25) is 4.79 Å². The van der Waals surface area contributed by atoms with Crippen molar-refractivity contribution in [2.45, 2.75) is 51.1 Å². The Balaban J connectivity index is 1.44. The van der Waals surface area contributed by atoms with Crippen LogP contribution < -0.4 is 10.2 Å². The summed E-state index contributed by atoms with van der Waals surface area (Å²) in [5.41, 5.74) is 3.60. The molecule has 3 atom stereocenters. The molecule has 1 aromatic heterocycles. The molecule has 2 aliphatic rings. The average molecular weight is 428 g/mol. The second-order valence-electron chi connectivity index (χ2n) is 8.50. The van der Waals surface area contributed by atoms with Gasteiger partial charge in [0.2, 0.25) is 5.91 Å². The number of amides is 1. The minimum atomic E-state index is -0.242. The number of benzene rings is 1. The Labute approximate surface area is 183 Å². The molecule has 0 bridgehead atoms. The monoisotopic (exact) mass is 427 g/mol. The van der Waals surface area contributed by atoms with E-state index in [1.165, 1.54) is 11.3 Å². The summed E-state index contributed by atoms with van der Waals surface area (Å²) in [4.78, 5) is 26.7. The molecule has 1 fully saturated rings.